The first kappa shape index (κ1) is 13.0. The van der Waals surface area contributed by atoms with Crippen LogP contribution in [-0.4, -0.2) is 12.2 Å². The quantitative estimate of drug-likeness (QED) is 0.851. The average Bonchev–Trinajstić information content (AvgIpc) is 2.42. The third kappa shape index (κ3) is 3.28. The van der Waals surface area contributed by atoms with Crippen molar-refractivity contribution in [2.24, 2.45) is 0 Å². The Morgan fingerprint density at radius 2 is 1.58 bits per heavy atom. The van der Waals surface area contributed by atoms with E-state index in [2.05, 4.69) is 5.32 Å². The molecule has 1 N–H and O–H groups in total. The number of hydrogen-bond donors (Lipinski definition) is 1. The first-order chi connectivity index (χ1) is 9.20. The molecule has 0 radical (unpaired) electrons. The van der Waals surface area contributed by atoms with Crippen LogP contribution in [0.15, 0.2) is 54.6 Å². The maximum atomic E-state index is 11.3. The van der Waals surface area contributed by atoms with Crippen molar-refractivity contribution in [2.45, 2.75) is 12.8 Å². The van der Waals surface area contributed by atoms with Crippen molar-refractivity contribution < 1.29 is 9.59 Å². The minimum Gasteiger partial charge on any atom is -0.326 e. The molecule has 1 unspecified atom stereocenters. The first-order valence-electron chi connectivity index (χ1n) is 6.08. The van der Waals surface area contributed by atoms with E-state index in [-0.39, 0.29) is 11.8 Å². The van der Waals surface area contributed by atoms with E-state index in [0.717, 1.165) is 23.1 Å². The summed E-state index contributed by atoms with van der Waals surface area (Å²) in [7, 11) is 0. The van der Waals surface area contributed by atoms with Gasteiger partial charge in [0.05, 0.1) is 5.92 Å². The fraction of sp³-hybridized carbons (Fsp3) is 0.125. The summed E-state index contributed by atoms with van der Waals surface area (Å²) in [5, 5.41) is 2.70. The minimum atomic E-state index is -0.271. The molecule has 1 amide bonds. The summed E-state index contributed by atoms with van der Waals surface area (Å²) in [5.74, 6) is -0.379. The normalized spacial score (nSPS) is 11.6. The highest BCUT2D eigenvalue weighted by atomic mass is 16.1. The minimum absolute atomic E-state index is 0.109. The second-order valence-corrected chi connectivity index (χ2v) is 4.33. The van der Waals surface area contributed by atoms with E-state index in [1.165, 1.54) is 6.92 Å². The van der Waals surface area contributed by atoms with Crippen LogP contribution in [0.2, 0.25) is 0 Å². The Balaban J connectivity index is 2.25. The number of rotatable bonds is 4. The maximum Gasteiger partial charge on any atom is 0.221 e. The van der Waals surface area contributed by atoms with Gasteiger partial charge in [-0.05, 0) is 23.3 Å². The Bertz CT molecular complexity index is 561. The van der Waals surface area contributed by atoms with Gasteiger partial charge in [0.1, 0.15) is 6.29 Å². The second kappa shape index (κ2) is 5.96. The lowest BCUT2D eigenvalue weighted by Gasteiger charge is -2.12. The van der Waals surface area contributed by atoms with Crippen LogP contribution in [0.4, 0.5) is 5.69 Å². The van der Waals surface area contributed by atoms with Crippen molar-refractivity contribution in [3.8, 4) is 0 Å². The third-order valence-electron chi connectivity index (χ3n) is 2.88. The zero-order valence-electron chi connectivity index (χ0n) is 10.7. The van der Waals surface area contributed by atoms with Gasteiger partial charge in [-0.25, -0.2) is 0 Å². The number of benzene rings is 2. The number of carbonyl (C=O) groups excluding carboxylic acids is 2. The van der Waals surface area contributed by atoms with Crippen LogP contribution in [0.25, 0.3) is 0 Å². The van der Waals surface area contributed by atoms with Gasteiger partial charge in [-0.2, -0.15) is 0 Å². The van der Waals surface area contributed by atoms with E-state index in [0.29, 0.717) is 0 Å². The highest BCUT2D eigenvalue weighted by molar-refractivity contribution is 5.88. The highest BCUT2D eigenvalue weighted by Crippen LogP contribution is 2.23. The monoisotopic (exact) mass is 253 g/mol. The summed E-state index contributed by atoms with van der Waals surface area (Å²) in [6, 6.07) is 16.9. The van der Waals surface area contributed by atoms with Crippen LogP contribution < -0.4 is 5.32 Å². The summed E-state index contributed by atoms with van der Waals surface area (Å²) in [5.41, 5.74) is 2.61. The first-order valence-corrected chi connectivity index (χ1v) is 6.08. The number of nitrogens with one attached hydrogen (secondary N) is 1. The number of amides is 1. The Kier molecular flexibility index (Phi) is 4.08. The summed E-state index contributed by atoms with van der Waals surface area (Å²) in [6.07, 6.45) is 0.933. The van der Waals surface area contributed by atoms with E-state index in [9.17, 15) is 9.59 Å². The fourth-order valence-electron chi connectivity index (χ4n) is 1.99. The van der Waals surface area contributed by atoms with Gasteiger partial charge in [0.15, 0.2) is 0 Å². The summed E-state index contributed by atoms with van der Waals surface area (Å²) in [4.78, 5) is 22.2. The third-order valence-corrected chi connectivity index (χ3v) is 2.88. The lowest BCUT2D eigenvalue weighted by atomic mass is 9.92. The second-order valence-electron chi connectivity index (χ2n) is 4.33. The van der Waals surface area contributed by atoms with Crippen molar-refractivity contribution in [3.63, 3.8) is 0 Å². The van der Waals surface area contributed by atoms with Crippen LogP contribution >= 0.6 is 0 Å². The Morgan fingerprint density at radius 3 is 2.11 bits per heavy atom. The summed E-state index contributed by atoms with van der Waals surface area (Å²) >= 11 is 0. The fourth-order valence-corrected chi connectivity index (χ4v) is 1.99. The molecule has 0 fully saturated rings. The molecule has 3 heteroatoms. The zero-order valence-corrected chi connectivity index (χ0v) is 10.7. The number of aldehydes is 1. The van der Waals surface area contributed by atoms with Gasteiger partial charge in [-0.15, -0.1) is 0 Å². The molecular weight excluding hydrogens is 238 g/mol. The number of anilines is 1. The van der Waals surface area contributed by atoms with Crippen molar-refractivity contribution in [1.29, 1.82) is 0 Å². The van der Waals surface area contributed by atoms with Gasteiger partial charge in [0, 0.05) is 12.6 Å². The summed E-state index contributed by atoms with van der Waals surface area (Å²) in [6.45, 7) is 1.46. The van der Waals surface area contributed by atoms with Gasteiger partial charge in [-0.3, -0.25) is 4.79 Å². The molecule has 96 valence electrons. The van der Waals surface area contributed by atoms with E-state index in [1.807, 2.05) is 42.5 Å². The highest BCUT2D eigenvalue weighted by Gasteiger charge is 2.12. The molecule has 0 saturated carbocycles. The van der Waals surface area contributed by atoms with Gasteiger partial charge in [0.2, 0.25) is 5.91 Å². The van der Waals surface area contributed by atoms with Crippen LogP contribution in [0.1, 0.15) is 24.0 Å². The molecule has 19 heavy (non-hydrogen) atoms. The molecule has 0 spiro atoms. The Labute approximate surface area is 112 Å². The van der Waals surface area contributed by atoms with Gasteiger partial charge in [-0.1, -0.05) is 42.5 Å². The van der Waals surface area contributed by atoms with E-state index >= 15 is 0 Å². The van der Waals surface area contributed by atoms with E-state index < -0.39 is 0 Å². The Hall–Kier alpha value is -2.42. The standard InChI is InChI=1S/C16H15NO2/c1-12(19)17-15-9-7-14(8-10-15)16(11-18)13-5-3-2-4-6-13/h2-11,16H,1H3,(H,17,19). The topological polar surface area (TPSA) is 46.2 Å². The van der Waals surface area contributed by atoms with Crippen molar-refractivity contribution in [2.75, 3.05) is 5.32 Å². The SMILES string of the molecule is CC(=O)Nc1ccc(C(C=O)c2ccccc2)cc1. The molecule has 0 aliphatic carbocycles. The van der Waals surface area contributed by atoms with Crippen molar-refractivity contribution in [3.05, 3.63) is 65.7 Å². The van der Waals surface area contributed by atoms with E-state index in [4.69, 9.17) is 0 Å². The predicted molar refractivity (Wildman–Crippen MR) is 75.1 cm³/mol. The molecular formula is C16H15NO2. The number of carbonyl (C=O) groups is 2. The zero-order chi connectivity index (χ0) is 13.7. The molecule has 1 atom stereocenters. The Morgan fingerprint density at radius 1 is 1.00 bits per heavy atom. The van der Waals surface area contributed by atoms with Crippen LogP contribution in [0.5, 0.6) is 0 Å². The van der Waals surface area contributed by atoms with Crippen LogP contribution in [0.3, 0.4) is 0 Å². The van der Waals surface area contributed by atoms with Crippen LogP contribution in [-0.2, 0) is 9.59 Å². The van der Waals surface area contributed by atoms with Gasteiger partial charge < -0.3 is 10.1 Å². The maximum absolute atomic E-state index is 11.3. The molecule has 0 aromatic heterocycles. The molecule has 0 aliphatic rings. The largest absolute Gasteiger partial charge is 0.326 e. The van der Waals surface area contributed by atoms with Gasteiger partial charge >= 0.3 is 0 Å². The molecule has 2 aromatic rings. The van der Waals surface area contributed by atoms with E-state index in [1.54, 1.807) is 12.1 Å². The van der Waals surface area contributed by atoms with Crippen LogP contribution in [0, 0.1) is 0 Å². The van der Waals surface area contributed by atoms with Crippen molar-refractivity contribution in [1.82, 2.24) is 0 Å². The molecule has 0 saturated heterocycles. The van der Waals surface area contributed by atoms with Gasteiger partial charge in [0.25, 0.3) is 0 Å². The predicted octanol–water partition coefficient (Wildman–Crippen LogP) is 2.98. The molecule has 3 nitrogen and oxygen atoms in total. The number of hydrogen-bond acceptors (Lipinski definition) is 2. The lowest BCUT2D eigenvalue weighted by molar-refractivity contribution is -0.114. The molecule has 0 aliphatic heterocycles. The lowest BCUT2D eigenvalue weighted by Crippen LogP contribution is -2.06. The smallest absolute Gasteiger partial charge is 0.221 e. The molecule has 2 aromatic carbocycles. The summed E-state index contributed by atoms with van der Waals surface area (Å²) < 4.78 is 0. The molecule has 0 heterocycles. The van der Waals surface area contributed by atoms with Crippen molar-refractivity contribution >= 4 is 17.9 Å². The molecule has 0 bridgehead atoms. The average molecular weight is 253 g/mol. The molecule has 2 rings (SSSR count).